The fourth-order valence-corrected chi connectivity index (χ4v) is 4.05. The Bertz CT molecular complexity index is 921. The number of hydrogen-bond acceptors (Lipinski definition) is 4. The van der Waals surface area contributed by atoms with Gasteiger partial charge in [0.05, 0.1) is 12.7 Å². The van der Waals surface area contributed by atoms with Crippen LogP contribution in [0.25, 0.3) is 0 Å². The Labute approximate surface area is 164 Å². The first-order valence-electron chi connectivity index (χ1n) is 9.59. The summed E-state index contributed by atoms with van der Waals surface area (Å²) in [7, 11) is 1.66. The molecule has 4 rings (SSSR count). The minimum atomic E-state index is -0.943. The van der Waals surface area contributed by atoms with Gasteiger partial charge in [-0.15, -0.1) is 0 Å². The molecule has 0 radical (unpaired) electrons. The molecule has 1 heterocycles. The van der Waals surface area contributed by atoms with Gasteiger partial charge in [0.15, 0.2) is 0 Å². The van der Waals surface area contributed by atoms with E-state index in [-0.39, 0.29) is 11.4 Å². The third-order valence-corrected chi connectivity index (χ3v) is 5.73. The lowest BCUT2D eigenvalue weighted by Crippen LogP contribution is -2.35. The highest BCUT2D eigenvalue weighted by atomic mass is 16.5. The molecule has 0 atom stereocenters. The molecule has 0 unspecified atom stereocenters. The molecule has 28 heavy (non-hydrogen) atoms. The van der Waals surface area contributed by atoms with E-state index in [4.69, 9.17) is 4.74 Å². The molecule has 1 amide bonds. The predicted octanol–water partition coefficient (Wildman–Crippen LogP) is 2.95. The molecule has 146 valence electrons. The lowest BCUT2D eigenvalue weighted by atomic mass is 10.0. The van der Waals surface area contributed by atoms with Crippen LogP contribution in [0.3, 0.4) is 0 Å². The van der Waals surface area contributed by atoms with E-state index in [0.29, 0.717) is 31.5 Å². The Morgan fingerprint density at radius 3 is 2.71 bits per heavy atom. The van der Waals surface area contributed by atoms with Crippen LogP contribution in [0.1, 0.15) is 40.7 Å². The van der Waals surface area contributed by atoms with Crippen molar-refractivity contribution in [1.82, 2.24) is 5.32 Å². The Morgan fingerprint density at radius 1 is 1.21 bits per heavy atom. The van der Waals surface area contributed by atoms with E-state index in [9.17, 15) is 14.7 Å². The van der Waals surface area contributed by atoms with Crippen LogP contribution in [-0.2, 0) is 16.8 Å². The van der Waals surface area contributed by atoms with Gasteiger partial charge in [0.2, 0.25) is 5.91 Å². The first-order valence-corrected chi connectivity index (χ1v) is 9.59. The highest BCUT2D eigenvalue weighted by molar-refractivity contribution is 5.99. The topological polar surface area (TPSA) is 78.9 Å². The molecule has 0 aromatic heterocycles. The van der Waals surface area contributed by atoms with Gasteiger partial charge >= 0.3 is 5.97 Å². The number of carboxylic acids is 1. The number of carbonyl (C=O) groups is 2. The summed E-state index contributed by atoms with van der Waals surface area (Å²) >= 11 is 0. The number of carboxylic acid groups (broad SMARTS) is 1. The van der Waals surface area contributed by atoms with Crippen LogP contribution in [0.5, 0.6) is 5.75 Å². The third kappa shape index (κ3) is 3.36. The molecule has 6 nitrogen and oxygen atoms in total. The summed E-state index contributed by atoms with van der Waals surface area (Å²) in [6.07, 6.45) is 3.05. The summed E-state index contributed by atoms with van der Waals surface area (Å²) < 4.78 is 5.32. The van der Waals surface area contributed by atoms with Crippen molar-refractivity contribution in [2.45, 2.75) is 31.2 Å². The summed E-state index contributed by atoms with van der Waals surface area (Å²) in [5.74, 6) is -0.0819. The normalized spacial score (nSPS) is 16.5. The number of ether oxygens (including phenoxy) is 1. The maximum atomic E-state index is 12.8. The van der Waals surface area contributed by atoms with Crippen LogP contribution >= 0.6 is 0 Å². The fourth-order valence-electron chi connectivity index (χ4n) is 4.05. The lowest BCUT2D eigenvalue weighted by Gasteiger charge is -2.21. The second-order valence-corrected chi connectivity index (χ2v) is 7.39. The molecule has 2 aromatic rings. The van der Waals surface area contributed by atoms with Crippen LogP contribution in [0, 0.1) is 0 Å². The van der Waals surface area contributed by atoms with Crippen LogP contribution < -0.4 is 15.0 Å². The summed E-state index contributed by atoms with van der Waals surface area (Å²) in [6.45, 7) is 1.12. The van der Waals surface area contributed by atoms with Crippen LogP contribution in [0.15, 0.2) is 42.5 Å². The van der Waals surface area contributed by atoms with Crippen molar-refractivity contribution in [3.8, 4) is 5.75 Å². The number of amides is 1. The number of fused-ring (bicyclic) bond motifs is 1. The zero-order valence-electron chi connectivity index (χ0n) is 15.9. The van der Waals surface area contributed by atoms with Gasteiger partial charge in [-0.3, -0.25) is 4.79 Å². The summed E-state index contributed by atoms with van der Waals surface area (Å²) in [4.78, 5) is 25.9. The van der Waals surface area contributed by atoms with Crippen molar-refractivity contribution in [1.29, 1.82) is 0 Å². The van der Waals surface area contributed by atoms with Gasteiger partial charge in [-0.1, -0.05) is 18.2 Å². The second-order valence-electron chi connectivity index (χ2n) is 7.39. The molecule has 0 saturated heterocycles. The van der Waals surface area contributed by atoms with Gasteiger partial charge in [0.25, 0.3) is 0 Å². The summed E-state index contributed by atoms with van der Waals surface area (Å²) in [6, 6.07) is 13.2. The van der Waals surface area contributed by atoms with E-state index in [1.807, 2.05) is 24.3 Å². The molecule has 0 bridgehead atoms. The highest BCUT2D eigenvalue weighted by Crippen LogP contribution is 2.46. The van der Waals surface area contributed by atoms with E-state index in [1.54, 1.807) is 24.1 Å². The van der Waals surface area contributed by atoms with Crippen molar-refractivity contribution >= 4 is 17.6 Å². The Kier molecular flexibility index (Phi) is 4.81. The Morgan fingerprint density at radius 2 is 2.00 bits per heavy atom. The van der Waals surface area contributed by atoms with Gasteiger partial charge in [-0.2, -0.15) is 0 Å². The number of nitrogens with one attached hydrogen (secondary N) is 1. The molecular weight excluding hydrogens is 356 g/mol. The van der Waals surface area contributed by atoms with Gasteiger partial charge in [0.1, 0.15) is 5.75 Å². The largest absolute Gasteiger partial charge is 0.497 e. The lowest BCUT2D eigenvalue weighted by molar-refractivity contribution is -0.118. The van der Waals surface area contributed by atoms with Crippen molar-refractivity contribution in [3.05, 3.63) is 59.2 Å². The maximum Gasteiger partial charge on any atom is 0.336 e. The van der Waals surface area contributed by atoms with E-state index in [0.717, 1.165) is 29.8 Å². The van der Waals surface area contributed by atoms with Crippen LogP contribution in [0.4, 0.5) is 5.69 Å². The smallest absolute Gasteiger partial charge is 0.336 e. The van der Waals surface area contributed by atoms with E-state index >= 15 is 0 Å². The number of methoxy groups -OCH3 is 1. The average molecular weight is 380 g/mol. The molecule has 1 aliphatic carbocycles. The molecular formula is C22H24N2O4. The zero-order valence-corrected chi connectivity index (χ0v) is 15.9. The number of aromatic carboxylic acids is 1. The molecule has 0 spiro atoms. The molecule has 1 aliphatic heterocycles. The molecule has 2 N–H and O–H groups in total. The quantitative estimate of drug-likeness (QED) is 0.772. The van der Waals surface area contributed by atoms with Gasteiger partial charge in [-0.25, -0.2) is 4.79 Å². The molecule has 1 fully saturated rings. The number of anilines is 1. The molecule has 2 aromatic carbocycles. The standard InChI is InChI=1S/C22H24N2O4/c1-28-16-5-2-4-15(14-16)22(10-11-22)23-12-8-20(25)24-13-9-17-18(21(26)27)6-3-7-19(17)24/h2-7,14,23H,8-13H2,1H3,(H,26,27). The summed E-state index contributed by atoms with van der Waals surface area (Å²) in [5.41, 5.74) is 2.91. The minimum absolute atomic E-state index is 0.0234. The monoisotopic (exact) mass is 380 g/mol. The zero-order chi connectivity index (χ0) is 19.7. The first-order chi connectivity index (χ1) is 13.5. The maximum absolute atomic E-state index is 12.8. The number of hydrogen-bond donors (Lipinski definition) is 2. The van der Waals surface area contributed by atoms with Crippen molar-refractivity contribution in [2.24, 2.45) is 0 Å². The fraction of sp³-hybridized carbons (Fsp3) is 0.364. The second kappa shape index (κ2) is 7.28. The number of rotatable bonds is 7. The van der Waals surface area contributed by atoms with Crippen LogP contribution in [0.2, 0.25) is 0 Å². The average Bonchev–Trinajstić information content (AvgIpc) is 3.37. The van der Waals surface area contributed by atoms with Crippen LogP contribution in [-0.4, -0.2) is 37.2 Å². The Balaban J connectivity index is 1.39. The molecule has 6 heteroatoms. The van der Waals surface area contributed by atoms with Crippen molar-refractivity contribution in [3.63, 3.8) is 0 Å². The first kappa shape index (κ1) is 18.5. The highest BCUT2D eigenvalue weighted by Gasteiger charge is 2.44. The van der Waals surface area contributed by atoms with Gasteiger partial charge < -0.3 is 20.1 Å². The summed E-state index contributed by atoms with van der Waals surface area (Å²) in [5, 5.41) is 12.9. The molecule has 1 saturated carbocycles. The SMILES string of the molecule is COc1cccc(C2(NCCC(=O)N3CCc4c(C(=O)O)cccc43)CC2)c1. The molecule has 2 aliphatic rings. The minimum Gasteiger partial charge on any atom is -0.497 e. The van der Waals surface area contributed by atoms with Gasteiger partial charge in [0, 0.05) is 30.7 Å². The predicted molar refractivity (Wildman–Crippen MR) is 106 cm³/mol. The van der Waals surface area contributed by atoms with Crippen molar-refractivity contribution in [2.75, 3.05) is 25.1 Å². The number of benzene rings is 2. The van der Waals surface area contributed by atoms with Gasteiger partial charge in [-0.05, 0) is 54.7 Å². The van der Waals surface area contributed by atoms with Crippen molar-refractivity contribution < 1.29 is 19.4 Å². The van der Waals surface area contributed by atoms with E-state index in [1.165, 1.54) is 5.56 Å². The Hall–Kier alpha value is -2.86. The number of carbonyl (C=O) groups excluding carboxylic acids is 1. The van der Waals surface area contributed by atoms with E-state index < -0.39 is 5.97 Å². The third-order valence-electron chi connectivity index (χ3n) is 5.73. The van der Waals surface area contributed by atoms with E-state index in [2.05, 4.69) is 11.4 Å². The number of nitrogens with zero attached hydrogens (tertiary/aromatic N) is 1.